The van der Waals surface area contributed by atoms with Crippen molar-refractivity contribution in [3.8, 4) is 10.4 Å². The fourth-order valence-electron chi connectivity index (χ4n) is 4.99. The van der Waals surface area contributed by atoms with Crippen molar-refractivity contribution in [2.75, 3.05) is 13.1 Å². The molecule has 166 valence electrons. The molecular formula is C26H23N3O3S. The van der Waals surface area contributed by atoms with Crippen molar-refractivity contribution in [2.45, 2.75) is 19.4 Å². The Morgan fingerprint density at radius 3 is 2.85 bits per heavy atom. The van der Waals surface area contributed by atoms with Crippen molar-refractivity contribution >= 4 is 34.3 Å². The molecule has 2 aromatic heterocycles. The van der Waals surface area contributed by atoms with Gasteiger partial charge in [0, 0.05) is 18.0 Å². The number of carbonyl (C=O) groups excluding carboxylic acids is 2. The number of amides is 2. The first-order chi connectivity index (χ1) is 16.1. The fraction of sp³-hybridized carbons (Fsp3) is 0.269. The molecule has 1 saturated carbocycles. The highest BCUT2D eigenvalue weighted by Crippen LogP contribution is 2.50. The van der Waals surface area contributed by atoms with E-state index in [1.54, 1.807) is 29.5 Å². The summed E-state index contributed by atoms with van der Waals surface area (Å²) in [6.07, 6.45) is 2.47. The summed E-state index contributed by atoms with van der Waals surface area (Å²) in [5.74, 6) is 0.855. The van der Waals surface area contributed by atoms with Crippen molar-refractivity contribution in [3.63, 3.8) is 0 Å². The number of para-hydroxylation sites is 1. The third-order valence-corrected chi connectivity index (χ3v) is 7.81. The molecule has 1 saturated heterocycles. The number of aromatic nitrogens is 1. The van der Waals surface area contributed by atoms with E-state index in [0.717, 1.165) is 29.0 Å². The van der Waals surface area contributed by atoms with Gasteiger partial charge in [-0.05, 0) is 54.3 Å². The summed E-state index contributed by atoms with van der Waals surface area (Å²) in [6.45, 7) is 3.25. The average Bonchev–Trinajstić information content (AvgIpc) is 3.20. The average molecular weight is 458 g/mol. The SMILES string of the molecule is Cc1ccc(-c2sccc2C(=O)N2C[C@@H]3C[C@@H]3[C@H]2CNC(=O)c2cccc3ocnc23)cc1. The van der Waals surface area contributed by atoms with Crippen molar-refractivity contribution < 1.29 is 14.0 Å². The van der Waals surface area contributed by atoms with Gasteiger partial charge in [0.05, 0.1) is 17.2 Å². The number of oxazole rings is 1. The Kier molecular flexibility index (Phi) is 4.80. The van der Waals surface area contributed by atoms with Gasteiger partial charge in [-0.25, -0.2) is 4.98 Å². The lowest BCUT2D eigenvalue weighted by Crippen LogP contribution is -2.45. The highest BCUT2D eigenvalue weighted by molar-refractivity contribution is 7.14. The summed E-state index contributed by atoms with van der Waals surface area (Å²) in [7, 11) is 0. The summed E-state index contributed by atoms with van der Waals surface area (Å²) in [6, 6.07) is 15.5. The molecule has 4 aromatic rings. The van der Waals surface area contributed by atoms with Gasteiger partial charge in [-0.3, -0.25) is 9.59 Å². The van der Waals surface area contributed by atoms with Gasteiger partial charge >= 0.3 is 0 Å². The molecule has 2 amide bonds. The number of thiophene rings is 1. The third kappa shape index (κ3) is 3.53. The maximum Gasteiger partial charge on any atom is 0.255 e. The predicted molar refractivity (Wildman–Crippen MR) is 127 cm³/mol. The van der Waals surface area contributed by atoms with Crippen LogP contribution in [0.25, 0.3) is 21.5 Å². The van der Waals surface area contributed by atoms with E-state index in [0.29, 0.717) is 35.0 Å². The third-order valence-electron chi connectivity index (χ3n) is 6.85. The Balaban J connectivity index is 1.21. The second-order valence-corrected chi connectivity index (χ2v) is 9.84. The van der Waals surface area contributed by atoms with Gasteiger partial charge in [-0.15, -0.1) is 11.3 Å². The summed E-state index contributed by atoms with van der Waals surface area (Å²) in [4.78, 5) is 33.7. The van der Waals surface area contributed by atoms with Gasteiger partial charge in [0.15, 0.2) is 12.0 Å². The fourth-order valence-corrected chi connectivity index (χ4v) is 5.88. The smallest absolute Gasteiger partial charge is 0.255 e. The van der Waals surface area contributed by atoms with E-state index in [2.05, 4.69) is 41.5 Å². The van der Waals surface area contributed by atoms with E-state index in [4.69, 9.17) is 4.42 Å². The Morgan fingerprint density at radius 2 is 2.00 bits per heavy atom. The maximum absolute atomic E-state index is 13.6. The van der Waals surface area contributed by atoms with Gasteiger partial charge in [0.2, 0.25) is 0 Å². The number of fused-ring (bicyclic) bond motifs is 2. The first-order valence-corrected chi connectivity index (χ1v) is 12.0. The van der Waals surface area contributed by atoms with Crippen LogP contribution >= 0.6 is 11.3 Å². The van der Waals surface area contributed by atoms with Crippen LogP contribution in [0.1, 0.15) is 32.7 Å². The minimum atomic E-state index is -0.193. The number of likely N-dealkylation sites (tertiary alicyclic amines) is 1. The molecule has 6 rings (SSSR count). The summed E-state index contributed by atoms with van der Waals surface area (Å²) < 4.78 is 5.31. The molecule has 0 radical (unpaired) electrons. The van der Waals surface area contributed by atoms with E-state index < -0.39 is 0 Å². The van der Waals surface area contributed by atoms with Crippen LogP contribution in [0.3, 0.4) is 0 Å². The van der Waals surface area contributed by atoms with Gasteiger partial charge in [-0.2, -0.15) is 0 Å². The Labute approximate surface area is 195 Å². The standard InChI is InChI=1S/C26H23N3O3S/c1-15-5-7-16(8-6-15)24-19(9-10-33-24)26(31)29-13-17-11-20(17)21(29)12-27-25(30)18-3-2-4-22-23(18)28-14-32-22/h2-10,14,17,20-21H,11-13H2,1H3,(H,27,30)/t17-,20-,21+/m0/s1. The van der Waals surface area contributed by atoms with Crippen LogP contribution in [0.15, 0.2) is 64.7 Å². The normalized spacial score (nSPS) is 21.2. The number of piperidine rings is 1. The second kappa shape index (κ2) is 7.85. The second-order valence-electron chi connectivity index (χ2n) is 8.93. The molecule has 1 aliphatic carbocycles. The van der Waals surface area contributed by atoms with Crippen LogP contribution in [0, 0.1) is 18.8 Å². The Morgan fingerprint density at radius 1 is 1.15 bits per heavy atom. The van der Waals surface area contributed by atoms with E-state index in [1.807, 2.05) is 16.3 Å². The van der Waals surface area contributed by atoms with Crippen LogP contribution in [0.5, 0.6) is 0 Å². The molecule has 6 nitrogen and oxygen atoms in total. The highest BCUT2D eigenvalue weighted by atomic mass is 32.1. The van der Waals surface area contributed by atoms with Gasteiger partial charge in [0.25, 0.3) is 11.8 Å². The summed E-state index contributed by atoms with van der Waals surface area (Å²) in [5.41, 5.74) is 4.63. The molecular weight excluding hydrogens is 434 g/mol. The number of hydrogen-bond donors (Lipinski definition) is 1. The number of aryl methyl sites for hydroxylation is 1. The van der Waals surface area contributed by atoms with E-state index >= 15 is 0 Å². The lowest BCUT2D eigenvalue weighted by atomic mass is 10.1. The van der Waals surface area contributed by atoms with Gasteiger partial charge in [0.1, 0.15) is 5.52 Å². The van der Waals surface area contributed by atoms with Gasteiger partial charge in [-0.1, -0.05) is 35.9 Å². The maximum atomic E-state index is 13.6. The van der Waals surface area contributed by atoms with Crippen LogP contribution < -0.4 is 5.32 Å². The molecule has 0 unspecified atom stereocenters. The molecule has 2 aromatic carbocycles. The lowest BCUT2D eigenvalue weighted by Gasteiger charge is -2.28. The summed E-state index contributed by atoms with van der Waals surface area (Å²) in [5, 5.41) is 5.03. The molecule has 3 heterocycles. The minimum Gasteiger partial charge on any atom is -0.443 e. The van der Waals surface area contributed by atoms with Crippen LogP contribution in [0.4, 0.5) is 0 Å². The van der Waals surface area contributed by atoms with Crippen LogP contribution in [-0.4, -0.2) is 40.8 Å². The van der Waals surface area contributed by atoms with Crippen molar-refractivity contribution in [1.29, 1.82) is 0 Å². The van der Waals surface area contributed by atoms with E-state index in [-0.39, 0.29) is 17.9 Å². The topological polar surface area (TPSA) is 75.4 Å². The van der Waals surface area contributed by atoms with Crippen molar-refractivity contribution in [3.05, 3.63) is 77.0 Å². The molecule has 7 heteroatoms. The number of benzene rings is 2. The Bertz CT molecular complexity index is 1360. The van der Waals surface area contributed by atoms with Crippen LogP contribution in [-0.2, 0) is 0 Å². The first-order valence-electron chi connectivity index (χ1n) is 11.2. The molecule has 1 N–H and O–H groups in total. The predicted octanol–water partition coefficient (Wildman–Crippen LogP) is 4.76. The molecule has 0 spiro atoms. The largest absolute Gasteiger partial charge is 0.443 e. The zero-order valence-electron chi connectivity index (χ0n) is 18.2. The lowest BCUT2D eigenvalue weighted by molar-refractivity contribution is 0.0696. The van der Waals surface area contributed by atoms with E-state index in [1.165, 1.54) is 12.0 Å². The zero-order valence-corrected chi connectivity index (χ0v) is 19.0. The van der Waals surface area contributed by atoms with Crippen LogP contribution in [0.2, 0.25) is 0 Å². The summed E-state index contributed by atoms with van der Waals surface area (Å²) >= 11 is 1.59. The number of carbonyl (C=O) groups is 2. The Hall–Kier alpha value is -3.45. The molecule has 3 atom stereocenters. The molecule has 2 aliphatic rings. The number of rotatable bonds is 5. The highest BCUT2D eigenvalue weighted by Gasteiger charge is 2.54. The first kappa shape index (κ1) is 20.2. The molecule has 0 bridgehead atoms. The number of hydrogen-bond acceptors (Lipinski definition) is 5. The van der Waals surface area contributed by atoms with Crippen molar-refractivity contribution in [1.82, 2.24) is 15.2 Å². The molecule has 2 fully saturated rings. The number of nitrogens with one attached hydrogen (secondary N) is 1. The van der Waals surface area contributed by atoms with E-state index in [9.17, 15) is 9.59 Å². The quantitative estimate of drug-likeness (QED) is 0.469. The molecule has 33 heavy (non-hydrogen) atoms. The monoisotopic (exact) mass is 457 g/mol. The minimum absolute atomic E-state index is 0.00808. The van der Waals surface area contributed by atoms with Crippen molar-refractivity contribution in [2.24, 2.45) is 11.8 Å². The van der Waals surface area contributed by atoms with Gasteiger partial charge < -0.3 is 14.6 Å². The molecule has 1 aliphatic heterocycles. The zero-order chi connectivity index (χ0) is 22.5. The number of nitrogens with zero attached hydrogens (tertiary/aromatic N) is 2.